The van der Waals surface area contributed by atoms with Gasteiger partial charge in [-0.25, -0.2) is 33.6 Å². The lowest BCUT2D eigenvalue weighted by molar-refractivity contribution is -0.394. The Morgan fingerprint density at radius 3 is 1.18 bits per heavy atom. The van der Waals surface area contributed by atoms with Gasteiger partial charge in [0.1, 0.15) is 55.1 Å². The zero-order valence-corrected chi connectivity index (χ0v) is 68.3. The average Bonchev–Trinajstić information content (AvgIpc) is 0.753. The first-order chi connectivity index (χ1) is 58.7. The molecule has 5 fully saturated rings. The molecule has 21 atom stereocenters. The monoisotopic (exact) mass is 1670 g/mol. The number of fused-ring (bicyclic) bond motifs is 1. The van der Waals surface area contributed by atoms with Gasteiger partial charge in [-0.15, -0.1) is 0 Å². The van der Waals surface area contributed by atoms with Crippen LogP contribution in [0.15, 0.2) is 267 Å². The van der Waals surface area contributed by atoms with Crippen LogP contribution in [0.4, 0.5) is 0 Å². The molecule has 0 bridgehead atoms. The number of hydrogen-bond donors (Lipinski definition) is 1. The Balaban J connectivity index is 0.900. The summed E-state index contributed by atoms with van der Waals surface area (Å²) in [6.45, 7) is 8.60. The van der Waals surface area contributed by atoms with E-state index in [9.17, 15) is 24.0 Å². The zero-order chi connectivity index (χ0) is 84.5. The Morgan fingerprint density at radius 1 is 0.372 bits per heavy atom. The van der Waals surface area contributed by atoms with Gasteiger partial charge in [-0.2, -0.15) is 0 Å². The molecule has 5 aliphatic heterocycles. The van der Waals surface area contributed by atoms with Crippen molar-refractivity contribution in [3.63, 3.8) is 0 Å². The van der Waals surface area contributed by atoms with Crippen molar-refractivity contribution in [2.45, 2.75) is 175 Å². The van der Waals surface area contributed by atoms with Crippen LogP contribution in [0.3, 0.4) is 0 Å². The minimum atomic E-state index is -1.93. The fourth-order valence-electron chi connectivity index (χ4n) is 14.6. The van der Waals surface area contributed by atoms with Crippen LogP contribution in [0.25, 0.3) is 0 Å². The second-order valence-electron chi connectivity index (χ2n) is 30.7. The molecule has 0 aromatic heterocycles. The molecule has 0 saturated carbocycles. The normalized spacial score (nSPS) is 27.7. The molecular weight excluding hydrogens is 1580 g/mol. The minimum Gasteiger partial charge on any atom is -0.497 e. The topological polar surface area (TPSA) is 321 Å². The first-order valence-electron chi connectivity index (χ1n) is 40.0. The highest BCUT2D eigenvalue weighted by atomic mass is 28.3. The summed E-state index contributed by atoms with van der Waals surface area (Å²) >= 11 is 0. The van der Waals surface area contributed by atoms with E-state index in [1.807, 2.05) is 6.07 Å². The molecule has 0 spiro atoms. The number of benzene rings is 9. The van der Waals surface area contributed by atoms with Gasteiger partial charge in [0, 0.05) is 20.2 Å². The summed E-state index contributed by atoms with van der Waals surface area (Å²) in [4.78, 5) is 104. The molecule has 2 N–H and O–H groups in total. The largest absolute Gasteiger partial charge is 0.497 e. The smallest absolute Gasteiger partial charge is 0.338 e. The summed E-state index contributed by atoms with van der Waals surface area (Å²) in [6, 6.07) is 71.4. The molecule has 0 unspecified atom stereocenters. The Morgan fingerprint density at radius 2 is 0.744 bits per heavy atom. The van der Waals surface area contributed by atoms with E-state index in [0.29, 0.717) is 22.9 Å². The maximum atomic E-state index is 15.3. The van der Waals surface area contributed by atoms with Crippen molar-refractivity contribution in [3.8, 4) is 5.75 Å². The van der Waals surface area contributed by atoms with E-state index in [1.165, 1.54) is 55.6 Å². The molecule has 5 aliphatic rings. The van der Waals surface area contributed by atoms with E-state index in [1.54, 1.807) is 226 Å². The molecule has 632 valence electrons. The van der Waals surface area contributed by atoms with E-state index in [0.717, 1.165) is 0 Å². The molecule has 14 rings (SSSR count). The van der Waals surface area contributed by atoms with E-state index >= 15 is 9.59 Å². The summed E-state index contributed by atoms with van der Waals surface area (Å²) in [5.74, 6) is -5.60. The lowest BCUT2D eigenvalue weighted by Crippen LogP contribution is -2.70. The molecule has 28 heteroatoms. The maximum Gasteiger partial charge on any atom is 0.338 e. The van der Waals surface area contributed by atoms with Gasteiger partial charge in [-0.05, 0) is 123 Å². The van der Waals surface area contributed by atoms with E-state index in [4.69, 9.17) is 95.7 Å². The molecular formula is C93H95NO26Si. The minimum absolute atomic E-state index is 0.0249. The molecule has 0 amide bonds. The van der Waals surface area contributed by atoms with Crippen LogP contribution < -0.4 is 10.5 Å². The molecule has 9 aromatic rings. The number of nitrogens with two attached hydrogens (primary N) is 1. The van der Waals surface area contributed by atoms with Crippen molar-refractivity contribution in [2.75, 3.05) is 26.9 Å². The lowest BCUT2D eigenvalue weighted by Gasteiger charge is -2.52. The van der Waals surface area contributed by atoms with Crippen LogP contribution in [-0.4, -0.2) is 200 Å². The molecule has 27 nitrogen and oxygen atoms in total. The van der Waals surface area contributed by atoms with Crippen LogP contribution in [0.1, 0.15) is 104 Å². The Bertz CT molecular complexity index is 4880. The standard InChI is InChI=1S/C93H95NO26Si/c1-56-71(111-83(96)60-33-17-8-18-34-60)76(80(91(107-56)103-51-52-121(4,5)6)115-87(100)64-41-25-12-26-42-64)120-93-81(116-88(101)65-43-27-13-28-44-65)77(72(57(2)108-93)112-84(97)61-35-19-9-20-36-61)119-90-70(94)75(73-69(109-90)55-106-89(117-73)66-45-29-14-30-46-66)118-92-79(104-53-58-47-49-67(102-3)50-48-58)78(114-86(99)63-39-23-11-24-40-63)74(113-85(98)62-37-21-10-22-38-62)68(110-92)54-105-82(95)59-31-15-7-16-32-59/h7-50,56-57,68-81,89-93H,51-55,94H2,1-6H3/t56-,57-,68+,69+,70+,71-,72-,73+,74-,75+,76+,77+,78-,79+,80+,81+,89+,90+,91+,92+,93-/m0/s1. The molecule has 5 heterocycles. The van der Waals surface area contributed by atoms with Gasteiger partial charge in [0.2, 0.25) is 0 Å². The Kier molecular flexibility index (Phi) is 28.8. The van der Waals surface area contributed by atoms with Crippen molar-refractivity contribution in [3.05, 3.63) is 317 Å². The molecule has 9 aromatic carbocycles. The van der Waals surface area contributed by atoms with Crippen molar-refractivity contribution in [1.29, 1.82) is 0 Å². The lowest BCUT2D eigenvalue weighted by atomic mass is 9.93. The number of ether oxygens (including phenoxy) is 19. The average molecular weight is 1670 g/mol. The molecule has 5 saturated heterocycles. The Hall–Kier alpha value is -11.2. The summed E-state index contributed by atoms with van der Waals surface area (Å²) in [5.41, 5.74) is 9.68. The number of carbonyl (C=O) groups is 7. The maximum absolute atomic E-state index is 15.3. The summed E-state index contributed by atoms with van der Waals surface area (Å²) in [5, 5.41) is 0. The summed E-state index contributed by atoms with van der Waals surface area (Å²) < 4.78 is 128. The highest BCUT2D eigenvalue weighted by Crippen LogP contribution is 2.43. The van der Waals surface area contributed by atoms with E-state index < -0.39 is 186 Å². The fraction of sp³-hybridized carbons (Fsp3) is 0.344. The summed E-state index contributed by atoms with van der Waals surface area (Å²) in [7, 11) is -0.333. The highest BCUT2D eigenvalue weighted by Gasteiger charge is 2.61. The van der Waals surface area contributed by atoms with E-state index in [-0.39, 0.29) is 58.8 Å². The fourth-order valence-corrected chi connectivity index (χ4v) is 15.3. The third-order valence-corrected chi connectivity index (χ3v) is 22.7. The zero-order valence-electron chi connectivity index (χ0n) is 67.3. The van der Waals surface area contributed by atoms with Gasteiger partial charge in [0.15, 0.2) is 68.1 Å². The Labute approximate surface area is 700 Å². The van der Waals surface area contributed by atoms with Crippen molar-refractivity contribution < 1.29 is 124 Å². The first kappa shape index (κ1) is 86.2. The van der Waals surface area contributed by atoms with E-state index in [2.05, 4.69) is 19.6 Å². The number of esters is 7. The van der Waals surface area contributed by atoms with Gasteiger partial charge >= 0.3 is 41.8 Å². The molecule has 0 aliphatic carbocycles. The molecule has 0 radical (unpaired) electrons. The first-order valence-corrected chi connectivity index (χ1v) is 43.7. The third kappa shape index (κ3) is 21.8. The van der Waals surface area contributed by atoms with Crippen LogP contribution in [-0.2, 0) is 91.9 Å². The van der Waals surface area contributed by atoms with Crippen LogP contribution >= 0.6 is 0 Å². The van der Waals surface area contributed by atoms with Crippen molar-refractivity contribution in [2.24, 2.45) is 5.73 Å². The number of carbonyl (C=O) groups excluding carboxylic acids is 7. The second kappa shape index (κ2) is 40.5. The van der Waals surface area contributed by atoms with Gasteiger partial charge in [0.25, 0.3) is 0 Å². The number of rotatable bonds is 30. The predicted octanol–water partition coefficient (Wildman–Crippen LogP) is 12.7. The quantitative estimate of drug-likeness (QED) is 0.0248. The van der Waals surface area contributed by atoms with Crippen molar-refractivity contribution in [1.82, 2.24) is 0 Å². The highest BCUT2D eigenvalue weighted by molar-refractivity contribution is 6.76. The second-order valence-corrected chi connectivity index (χ2v) is 36.4. The number of hydrogen-bond acceptors (Lipinski definition) is 27. The number of methoxy groups -OCH3 is 1. The SMILES string of the molecule is COc1ccc(CO[C@H]2[C@@H](O[C@@H]3[C@@H](N)[C@@H](O[C@@H]4[C@@H](OC(=O)c5ccccc5)[C@H](C)O[C@@H](O[C@@H]5[C@@H](OC(=O)c6ccccc6)[C@H](C)O[C@@H](OCC[Si](C)(C)C)[C@@H]5OC(=O)c5ccccc5)[C@@H]4OC(=O)c4ccccc4)O[C@@H]4CO[C@@H](c5ccccc5)O[C@@H]34)O[C@H](COC(=O)c3ccccc3)[C@H](OC(=O)c3ccccc3)[C@@H]2OC(=O)c2ccccc2)cc1. The molecule has 121 heavy (non-hydrogen) atoms. The van der Waals surface area contributed by atoms with Crippen LogP contribution in [0, 0.1) is 0 Å². The third-order valence-electron chi connectivity index (χ3n) is 21.0. The van der Waals surface area contributed by atoms with Gasteiger partial charge in [-0.1, -0.05) is 189 Å². The van der Waals surface area contributed by atoms with Crippen LogP contribution in [0.2, 0.25) is 25.7 Å². The van der Waals surface area contributed by atoms with Crippen molar-refractivity contribution >= 4 is 49.9 Å². The van der Waals surface area contributed by atoms with Gasteiger partial charge < -0.3 is 95.7 Å². The van der Waals surface area contributed by atoms with Gasteiger partial charge in [-0.3, -0.25) is 0 Å². The predicted molar refractivity (Wildman–Crippen MR) is 435 cm³/mol. The summed E-state index contributed by atoms with van der Waals surface area (Å²) in [6.07, 6.45) is -31.4. The van der Waals surface area contributed by atoms with Gasteiger partial charge in [0.05, 0.1) is 77.5 Å². The van der Waals surface area contributed by atoms with Crippen LogP contribution in [0.5, 0.6) is 5.75 Å².